The molecule has 7 nitrogen and oxygen atoms in total. The van der Waals surface area contributed by atoms with Crippen LogP contribution in [0.3, 0.4) is 0 Å². The van der Waals surface area contributed by atoms with Gasteiger partial charge in [-0.1, -0.05) is 0 Å². The molecule has 30 heavy (non-hydrogen) atoms. The van der Waals surface area contributed by atoms with Crippen LogP contribution in [0.5, 0.6) is 11.5 Å². The molecule has 1 aromatic heterocycles. The monoisotopic (exact) mass is 411 g/mol. The highest BCUT2D eigenvalue weighted by Crippen LogP contribution is 2.29. The number of aromatic nitrogens is 1. The van der Waals surface area contributed by atoms with Crippen molar-refractivity contribution in [3.63, 3.8) is 0 Å². The molecule has 3 rings (SSSR count). The number of carbonyl (C=O) groups is 2. The van der Waals surface area contributed by atoms with Crippen molar-refractivity contribution in [2.75, 3.05) is 7.11 Å². The fourth-order valence-corrected chi connectivity index (χ4v) is 2.88. The van der Waals surface area contributed by atoms with Gasteiger partial charge in [0.05, 0.1) is 30.0 Å². The molecule has 0 bridgehead atoms. The van der Waals surface area contributed by atoms with Crippen molar-refractivity contribution in [2.45, 2.75) is 26.9 Å². The highest BCUT2D eigenvalue weighted by atomic mass is 19.1. The third-order valence-electron chi connectivity index (χ3n) is 4.29. The Kier molecular flexibility index (Phi) is 6.15. The zero-order valence-electron chi connectivity index (χ0n) is 17.1. The number of halogens is 1. The Morgan fingerprint density at radius 3 is 2.43 bits per heavy atom. The van der Waals surface area contributed by atoms with Crippen molar-refractivity contribution in [3.05, 3.63) is 65.1 Å². The smallest absolute Gasteiger partial charge is 0.271 e. The minimum Gasteiger partial charge on any atom is -0.493 e. The Morgan fingerprint density at radius 2 is 1.73 bits per heavy atom. The molecule has 2 N–H and O–H groups in total. The van der Waals surface area contributed by atoms with Crippen molar-refractivity contribution in [1.82, 2.24) is 15.8 Å². The maximum absolute atomic E-state index is 13.4. The number of carbonyl (C=O) groups excluding carboxylic acids is 2. The van der Waals surface area contributed by atoms with Crippen LogP contribution >= 0.6 is 0 Å². The largest absolute Gasteiger partial charge is 0.493 e. The van der Waals surface area contributed by atoms with Gasteiger partial charge in [0.25, 0.3) is 11.8 Å². The number of pyridine rings is 1. The van der Waals surface area contributed by atoms with E-state index in [-0.39, 0.29) is 17.2 Å². The van der Waals surface area contributed by atoms with Gasteiger partial charge in [-0.2, -0.15) is 0 Å². The number of fused-ring (bicyclic) bond motifs is 1. The first-order valence-corrected chi connectivity index (χ1v) is 9.30. The Balaban J connectivity index is 1.73. The second-order valence-corrected chi connectivity index (χ2v) is 6.90. The fourth-order valence-electron chi connectivity index (χ4n) is 2.88. The number of benzene rings is 2. The number of nitrogens with zero attached hydrogens (tertiary/aromatic N) is 1. The van der Waals surface area contributed by atoms with Crippen LogP contribution in [-0.4, -0.2) is 30.0 Å². The quantitative estimate of drug-likeness (QED) is 0.627. The number of hydrazine groups is 1. The van der Waals surface area contributed by atoms with Crippen LogP contribution in [0.2, 0.25) is 0 Å². The van der Waals surface area contributed by atoms with E-state index in [0.717, 1.165) is 0 Å². The second kappa shape index (κ2) is 8.77. The van der Waals surface area contributed by atoms with E-state index in [1.54, 1.807) is 31.2 Å². The molecule has 0 aliphatic carbocycles. The summed E-state index contributed by atoms with van der Waals surface area (Å²) in [5.74, 6) is -0.538. The van der Waals surface area contributed by atoms with Crippen LogP contribution < -0.4 is 20.3 Å². The first-order valence-electron chi connectivity index (χ1n) is 9.30. The Labute approximate surface area is 173 Å². The summed E-state index contributed by atoms with van der Waals surface area (Å²) in [7, 11) is 1.48. The minimum atomic E-state index is -0.536. The fraction of sp³-hybridized carbons (Fsp3) is 0.227. The molecule has 0 atom stereocenters. The highest BCUT2D eigenvalue weighted by molar-refractivity contribution is 6.01. The van der Waals surface area contributed by atoms with E-state index < -0.39 is 17.6 Å². The summed E-state index contributed by atoms with van der Waals surface area (Å²) < 4.78 is 24.3. The topological polar surface area (TPSA) is 89.6 Å². The van der Waals surface area contributed by atoms with Crippen LogP contribution in [-0.2, 0) is 0 Å². The van der Waals surface area contributed by atoms with Gasteiger partial charge < -0.3 is 9.47 Å². The summed E-state index contributed by atoms with van der Waals surface area (Å²) in [5.41, 5.74) is 6.16. The van der Waals surface area contributed by atoms with E-state index in [9.17, 15) is 14.0 Å². The highest BCUT2D eigenvalue weighted by Gasteiger charge is 2.15. The van der Waals surface area contributed by atoms with E-state index in [1.807, 2.05) is 13.8 Å². The summed E-state index contributed by atoms with van der Waals surface area (Å²) in [5, 5.41) is 0.615. The molecule has 1 heterocycles. The molecule has 0 radical (unpaired) electrons. The van der Waals surface area contributed by atoms with Crippen LogP contribution in [0.1, 0.15) is 40.3 Å². The van der Waals surface area contributed by atoms with Gasteiger partial charge in [-0.3, -0.25) is 25.4 Å². The first-order chi connectivity index (χ1) is 14.3. The predicted molar refractivity (Wildman–Crippen MR) is 110 cm³/mol. The average molecular weight is 411 g/mol. The van der Waals surface area contributed by atoms with E-state index in [2.05, 4.69) is 15.8 Å². The van der Waals surface area contributed by atoms with Crippen LogP contribution in [0.25, 0.3) is 10.9 Å². The predicted octanol–water partition coefficient (Wildman–Crippen LogP) is 3.55. The molecule has 0 fully saturated rings. The number of methoxy groups -OCH3 is 1. The van der Waals surface area contributed by atoms with Gasteiger partial charge in [0.2, 0.25) is 0 Å². The number of amides is 2. The van der Waals surface area contributed by atoms with Gasteiger partial charge in [0, 0.05) is 17.0 Å². The molecule has 2 aromatic carbocycles. The van der Waals surface area contributed by atoms with Gasteiger partial charge in [-0.05, 0) is 57.2 Å². The zero-order chi connectivity index (χ0) is 21.8. The van der Waals surface area contributed by atoms with Gasteiger partial charge in [-0.25, -0.2) is 4.39 Å². The molecule has 2 amide bonds. The van der Waals surface area contributed by atoms with E-state index in [0.29, 0.717) is 28.1 Å². The summed E-state index contributed by atoms with van der Waals surface area (Å²) in [6, 6.07) is 10.5. The molecular formula is C22H22FN3O4. The van der Waals surface area contributed by atoms with Crippen molar-refractivity contribution in [2.24, 2.45) is 0 Å². The van der Waals surface area contributed by atoms with Gasteiger partial charge in [0.1, 0.15) is 5.82 Å². The number of aryl methyl sites for hydroxylation is 1. The summed E-state index contributed by atoms with van der Waals surface area (Å²) >= 11 is 0. The van der Waals surface area contributed by atoms with E-state index in [1.165, 1.54) is 25.3 Å². The van der Waals surface area contributed by atoms with Crippen molar-refractivity contribution in [3.8, 4) is 11.5 Å². The zero-order valence-corrected chi connectivity index (χ0v) is 17.1. The molecular weight excluding hydrogens is 389 g/mol. The molecule has 0 spiro atoms. The third-order valence-corrected chi connectivity index (χ3v) is 4.29. The maximum atomic E-state index is 13.4. The molecule has 0 aliphatic rings. The molecule has 3 aromatic rings. The molecule has 0 unspecified atom stereocenters. The number of nitrogens with one attached hydrogen (secondary N) is 2. The number of rotatable bonds is 5. The van der Waals surface area contributed by atoms with Gasteiger partial charge >= 0.3 is 0 Å². The van der Waals surface area contributed by atoms with Crippen molar-refractivity contribution in [1.29, 1.82) is 0 Å². The van der Waals surface area contributed by atoms with E-state index in [4.69, 9.17) is 9.47 Å². The molecule has 0 saturated heterocycles. The Hall–Kier alpha value is -3.68. The van der Waals surface area contributed by atoms with Crippen molar-refractivity contribution >= 4 is 22.7 Å². The standard InChI is InChI=1S/C22H22FN3O4/c1-12(2)30-19-8-6-15(10-20(19)29-4)21(27)25-26-22(28)17-9-14-5-7-16(23)11-18(14)24-13(17)3/h5-12H,1-4H3,(H,25,27)(H,26,28). The summed E-state index contributed by atoms with van der Waals surface area (Å²) in [6.07, 6.45) is -0.0480. The number of hydrogen-bond acceptors (Lipinski definition) is 5. The SMILES string of the molecule is COc1cc(C(=O)NNC(=O)c2cc3ccc(F)cc3nc2C)ccc1OC(C)C. The molecule has 0 saturated carbocycles. The number of hydrogen-bond donors (Lipinski definition) is 2. The van der Waals surface area contributed by atoms with Gasteiger partial charge in [0.15, 0.2) is 11.5 Å². The Morgan fingerprint density at radius 1 is 1.00 bits per heavy atom. The molecule has 156 valence electrons. The first kappa shape index (κ1) is 21.0. The normalized spacial score (nSPS) is 10.7. The van der Waals surface area contributed by atoms with Crippen LogP contribution in [0.15, 0.2) is 42.5 Å². The average Bonchev–Trinajstić information content (AvgIpc) is 2.71. The lowest BCUT2D eigenvalue weighted by molar-refractivity contribution is 0.0846. The summed E-state index contributed by atoms with van der Waals surface area (Å²) in [6.45, 7) is 5.41. The summed E-state index contributed by atoms with van der Waals surface area (Å²) in [4.78, 5) is 29.2. The third kappa shape index (κ3) is 4.65. The van der Waals surface area contributed by atoms with E-state index >= 15 is 0 Å². The van der Waals surface area contributed by atoms with Crippen LogP contribution in [0, 0.1) is 12.7 Å². The lowest BCUT2D eigenvalue weighted by Gasteiger charge is -2.15. The van der Waals surface area contributed by atoms with Gasteiger partial charge in [-0.15, -0.1) is 0 Å². The molecule has 0 aliphatic heterocycles. The lowest BCUT2D eigenvalue weighted by Crippen LogP contribution is -2.42. The number of ether oxygens (including phenoxy) is 2. The van der Waals surface area contributed by atoms with Crippen molar-refractivity contribution < 1.29 is 23.5 Å². The Bertz CT molecular complexity index is 1110. The second-order valence-electron chi connectivity index (χ2n) is 6.90. The lowest BCUT2D eigenvalue weighted by atomic mass is 10.1. The van der Waals surface area contributed by atoms with Crippen LogP contribution in [0.4, 0.5) is 4.39 Å². The minimum absolute atomic E-state index is 0.0480. The maximum Gasteiger partial charge on any atom is 0.271 e. The molecule has 8 heteroatoms.